The third-order valence-corrected chi connectivity index (χ3v) is 6.78. The average molecular weight is 471 g/mol. The van der Waals surface area contributed by atoms with Gasteiger partial charge in [0.1, 0.15) is 10.6 Å². The Bertz CT molecular complexity index is 1170. The molecule has 3 aromatic heterocycles. The summed E-state index contributed by atoms with van der Waals surface area (Å²) >= 11 is 4.08. The normalized spacial score (nSPS) is 10.7. The van der Waals surface area contributed by atoms with Crippen LogP contribution in [0.4, 0.5) is 5.00 Å². The Morgan fingerprint density at radius 3 is 2.74 bits per heavy atom. The maximum absolute atomic E-state index is 12.6. The lowest BCUT2D eigenvalue weighted by Gasteiger charge is -2.08. The summed E-state index contributed by atoms with van der Waals surface area (Å²) in [5.41, 5.74) is 1.99. The van der Waals surface area contributed by atoms with Crippen LogP contribution in [-0.2, 0) is 9.53 Å². The van der Waals surface area contributed by atoms with Crippen molar-refractivity contribution in [3.05, 3.63) is 58.8 Å². The number of ether oxygens (including phenoxy) is 1. The van der Waals surface area contributed by atoms with Crippen LogP contribution in [0.1, 0.15) is 17.3 Å². The zero-order chi connectivity index (χ0) is 21.6. The van der Waals surface area contributed by atoms with Gasteiger partial charge in [-0.1, -0.05) is 48.2 Å². The van der Waals surface area contributed by atoms with Crippen molar-refractivity contribution >= 4 is 51.3 Å². The van der Waals surface area contributed by atoms with Crippen molar-refractivity contribution in [1.29, 1.82) is 0 Å². The summed E-state index contributed by atoms with van der Waals surface area (Å²) in [5, 5.41) is 14.6. The van der Waals surface area contributed by atoms with Gasteiger partial charge >= 0.3 is 5.97 Å². The van der Waals surface area contributed by atoms with Crippen molar-refractivity contribution in [2.45, 2.75) is 12.1 Å². The zero-order valence-electron chi connectivity index (χ0n) is 16.5. The predicted molar refractivity (Wildman–Crippen MR) is 125 cm³/mol. The van der Waals surface area contributed by atoms with Crippen LogP contribution in [0.3, 0.4) is 0 Å². The highest BCUT2D eigenvalue weighted by molar-refractivity contribution is 7.99. The number of thioether (sulfide) groups is 1. The van der Waals surface area contributed by atoms with E-state index in [0.717, 1.165) is 16.0 Å². The maximum atomic E-state index is 12.6. The maximum Gasteiger partial charge on any atom is 0.341 e. The molecular formula is C21H18N4O3S3. The Labute approximate surface area is 190 Å². The zero-order valence-corrected chi connectivity index (χ0v) is 18.9. The summed E-state index contributed by atoms with van der Waals surface area (Å²) in [5.74, 6) is 0.0793. The van der Waals surface area contributed by atoms with Gasteiger partial charge in [0, 0.05) is 10.9 Å². The van der Waals surface area contributed by atoms with E-state index in [2.05, 4.69) is 20.5 Å². The molecule has 1 amide bonds. The van der Waals surface area contributed by atoms with Crippen LogP contribution in [0.15, 0.2) is 58.4 Å². The van der Waals surface area contributed by atoms with Crippen LogP contribution in [-0.4, -0.2) is 39.4 Å². The number of hydrogen-bond acceptors (Lipinski definition) is 8. The van der Waals surface area contributed by atoms with Crippen molar-refractivity contribution in [2.75, 3.05) is 17.7 Å². The van der Waals surface area contributed by atoms with Crippen LogP contribution in [0.5, 0.6) is 0 Å². The minimum Gasteiger partial charge on any atom is -0.462 e. The van der Waals surface area contributed by atoms with Gasteiger partial charge in [-0.3, -0.25) is 9.89 Å². The fraction of sp³-hybridized carbons (Fsp3) is 0.143. The van der Waals surface area contributed by atoms with Crippen LogP contribution in [0.25, 0.3) is 21.8 Å². The molecule has 0 spiro atoms. The molecule has 1 aromatic carbocycles. The Morgan fingerprint density at radius 2 is 2.00 bits per heavy atom. The summed E-state index contributed by atoms with van der Waals surface area (Å²) in [7, 11) is 0. The van der Waals surface area contributed by atoms with Gasteiger partial charge in [0.15, 0.2) is 5.82 Å². The molecular weight excluding hydrogens is 452 g/mol. The molecule has 0 aliphatic heterocycles. The Morgan fingerprint density at radius 1 is 1.16 bits per heavy atom. The molecule has 0 unspecified atom stereocenters. The quantitative estimate of drug-likeness (QED) is 0.272. The number of benzene rings is 1. The van der Waals surface area contributed by atoms with E-state index in [9.17, 15) is 9.59 Å². The number of nitrogens with one attached hydrogen (secondary N) is 2. The number of esters is 1. The molecule has 158 valence electrons. The third kappa shape index (κ3) is 5.04. The molecule has 4 aromatic rings. The molecule has 0 aliphatic rings. The van der Waals surface area contributed by atoms with Crippen molar-refractivity contribution in [3.63, 3.8) is 0 Å². The number of carbonyl (C=O) groups excluding carboxylic acids is 2. The Hall–Kier alpha value is -2.95. The number of aromatic nitrogens is 3. The van der Waals surface area contributed by atoms with Crippen molar-refractivity contribution in [2.24, 2.45) is 0 Å². The van der Waals surface area contributed by atoms with Gasteiger partial charge < -0.3 is 10.1 Å². The van der Waals surface area contributed by atoms with Crippen LogP contribution >= 0.6 is 34.4 Å². The minimum atomic E-state index is -0.458. The monoisotopic (exact) mass is 470 g/mol. The van der Waals surface area contributed by atoms with E-state index in [4.69, 9.17) is 4.74 Å². The Kier molecular flexibility index (Phi) is 6.80. The van der Waals surface area contributed by atoms with Gasteiger partial charge in [0.2, 0.25) is 11.1 Å². The molecule has 0 saturated heterocycles. The molecule has 0 aliphatic carbocycles. The van der Waals surface area contributed by atoms with Crippen molar-refractivity contribution < 1.29 is 14.3 Å². The molecule has 0 saturated carbocycles. The molecule has 3 heterocycles. The fourth-order valence-corrected chi connectivity index (χ4v) is 5.05. The van der Waals surface area contributed by atoms with Crippen LogP contribution in [0, 0.1) is 0 Å². The highest BCUT2D eigenvalue weighted by atomic mass is 32.2. The van der Waals surface area contributed by atoms with Crippen LogP contribution in [0.2, 0.25) is 0 Å². The first kappa shape index (κ1) is 21.3. The first-order chi connectivity index (χ1) is 15.2. The lowest BCUT2D eigenvalue weighted by Crippen LogP contribution is -2.16. The highest BCUT2D eigenvalue weighted by Crippen LogP contribution is 2.36. The van der Waals surface area contributed by atoms with Crippen molar-refractivity contribution in [3.8, 4) is 21.8 Å². The van der Waals surface area contributed by atoms with Gasteiger partial charge in [0.05, 0.1) is 17.2 Å². The second-order valence-electron chi connectivity index (χ2n) is 6.22. The summed E-state index contributed by atoms with van der Waals surface area (Å²) in [4.78, 5) is 30.5. The van der Waals surface area contributed by atoms with Gasteiger partial charge in [-0.15, -0.1) is 27.8 Å². The number of rotatable bonds is 8. The molecule has 0 radical (unpaired) electrons. The fourth-order valence-electron chi connectivity index (χ4n) is 2.81. The molecule has 2 N–H and O–H groups in total. The Balaban J connectivity index is 1.46. The van der Waals surface area contributed by atoms with Gasteiger partial charge in [-0.05, 0) is 23.9 Å². The number of carbonyl (C=O) groups is 2. The molecule has 10 heteroatoms. The number of amides is 1. The SMILES string of the molecule is CCOC(=O)c1c(-c2ccccc2)csc1NC(=O)CSc1n[nH]c(-c2cccs2)n1. The molecule has 0 fully saturated rings. The van der Waals surface area contributed by atoms with Crippen LogP contribution < -0.4 is 5.32 Å². The number of anilines is 1. The van der Waals surface area contributed by atoms with Gasteiger partial charge in [-0.25, -0.2) is 9.78 Å². The smallest absolute Gasteiger partial charge is 0.341 e. The molecule has 0 bridgehead atoms. The number of hydrogen-bond donors (Lipinski definition) is 2. The predicted octanol–water partition coefficient (Wildman–Crippen LogP) is 5.17. The molecule has 31 heavy (non-hydrogen) atoms. The van der Waals surface area contributed by atoms with E-state index < -0.39 is 5.97 Å². The summed E-state index contributed by atoms with van der Waals surface area (Å²) in [6, 6.07) is 13.4. The average Bonchev–Trinajstić information content (AvgIpc) is 3.53. The molecule has 7 nitrogen and oxygen atoms in total. The van der Waals surface area contributed by atoms with E-state index in [0.29, 0.717) is 21.5 Å². The second-order valence-corrected chi connectivity index (χ2v) is 8.99. The molecule has 0 atom stereocenters. The minimum absolute atomic E-state index is 0.114. The first-order valence-electron chi connectivity index (χ1n) is 9.38. The molecule has 4 rings (SSSR count). The second kappa shape index (κ2) is 9.90. The van der Waals surface area contributed by atoms with E-state index in [-0.39, 0.29) is 18.3 Å². The number of nitrogens with zero attached hydrogens (tertiary/aromatic N) is 2. The number of thiophene rings is 2. The van der Waals surface area contributed by atoms with Gasteiger partial charge in [0.25, 0.3) is 0 Å². The number of aromatic amines is 1. The van der Waals surface area contributed by atoms with E-state index in [1.165, 1.54) is 23.1 Å². The summed E-state index contributed by atoms with van der Waals surface area (Å²) < 4.78 is 5.23. The largest absolute Gasteiger partial charge is 0.462 e. The highest BCUT2D eigenvalue weighted by Gasteiger charge is 2.23. The number of H-pyrrole nitrogens is 1. The van der Waals surface area contributed by atoms with E-state index >= 15 is 0 Å². The first-order valence-corrected chi connectivity index (χ1v) is 12.1. The lowest BCUT2D eigenvalue weighted by molar-refractivity contribution is -0.113. The van der Waals surface area contributed by atoms with Crippen molar-refractivity contribution in [1.82, 2.24) is 15.2 Å². The van der Waals surface area contributed by atoms with Gasteiger partial charge in [-0.2, -0.15) is 0 Å². The standard InChI is InChI=1S/C21H18N4O3S3/c1-2-28-20(27)17-14(13-7-4-3-5-8-13)11-30-19(17)22-16(26)12-31-21-23-18(24-25-21)15-9-6-10-29-15/h3-11H,2,12H2,1H3,(H,22,26)(H,23,24,25). The topological polar surface area (TPSA) is 97.0 Å². The summed E-state index contributed by atoms with van der Waals surface area (Å²) in [6.07, 6.45) is 0. The van der Waals surface area contributed by atoms with E-state index in [1.807, 2.05) is 53.2 Å². The van der Waals surface area contributed by atoms with E-state index in [1.54, 1.807) is 18.3 Å². The third-order valence-electron chi connectivity index (χ3n) is 4.16. The summed E-state index contributed by atoms with van der Waals surface area (Å²) in [6.45, 7) is 2.01. The lowest BCUT2D eigenvalue weighted by atomic mass is 10.0.